The zero-order chi connectivity index (χ0) is 16.2. The number of rotatable bonds is 0. The fraction of sp³-hybridized carbons (Fsp3) is 0. The van der Waals surface area contributed by atoms with Crippen molar-refractivity contribution in [2.45, 2.75) is 0 Å². The normalized spacial score (nSPS) is 10.4. The molecule has 0 N–H and O–H groups in total. The van der Waals surface area contributed by atoms with Crippen LogP contribution in [0.2, 0.25) is 10.3 Å². The van der Waals surface area contributed by atoms with Crippen molar-refractivity contribution in [3.8, 4) is 0 Å². The van der Waals surface area contributed by atoms with Gasteiger partial charge in [-0.05, 0) is 58.4 Å². The quantitative estimate of drug-likeness (QED) is 0.369. The number of hydrogen-bond donors (Lipinski definition) is 0. The van der Waals surface area contributed by atoms with Crippen LogP contribution in [-0.2, 0) is 0 Å². The van der Waals surface area contributed by atoms with E-state index in [4.69, 9.17) is 23.2 Å². The number of pyridine rings is 4. The first-order valence-corrected chi connectivity index (χ1v) is 8.12. The van der Waals surface area contributed by atoms with Crippen LogP contribution in [-0.4, -0.2) is 19.9 Å². The molecule has 0 unspecified atom stereocenters. The molecular weight excluding hydrogens is 399 g/mol. The minimum atomic E-state index is 0.488. The Morgan fingerprint density at radius 2 is 1.39 bits per heavy atom. The smallest absolute Gasteiger partial charge is 0.129 e. The molecule has 4 heterocycles. The number of nitrogens with zero attached hydrogens (tertiary/aromatic N) is 4. The van der Waals surface area contributed by atoms with Crippen molar-refractivity contribution in [1.29, 1.82) is 0 Å². The van der Waals surface area contributed by atoms with Gasteiger partial charge in [-0.3, -0.25) is 9.97 Å². The van der Waals surface area contributed by atoms with Gasteiger partial charge in [-0.1, -0.05) is 23.2 Å². The highest BCUT2D eigenvalue weighted by molar-refractivity contribution is 9.10. The maximum absolute atomic E-state index is 5.72. The average molecular weight is 408 g/mol. The Morgan fingerprint density at radius 3 is 2.13 bits per heavy atom. The molecule has 4 aromatic heterocycles. The highest BCUT2D eigenvalue weighted by atomic mass is 79.9. The van der Waals surface area contributed by atoms with Gasteiger partial charge in [-0.25, -0.2) is 9.97 Å². The minimum absolute atomic E-state index is 0.488. The molecule has 0 fully saturated rings. The first-order chi connectivity index (χ1) is 11.1. The molecule has 0 saturated heterocycles. The summed E-state index contributed by atoms with van der Waals surface area (Å²) in [5.74, 6) is 0. The molecule has 23 heavy (non-hydrogen) atoms. The van der Waals surface area contributed by atoms with Gasteiger partial charge in [0, 0.05) is 16.9 Å². The topological polar surface area (TPSA) is 51.6 Å². The summed E-state index contributed by atoms with van der Waals surface area (Å²) in [6.45, 7) is 0. The van der Waals surface area contributed by atoms with E-state index in [0.29, 0.717) is 10.3 Å². The summed E-state index contributed by atoms with van der Waals surface area (Å²) in [4.78, 5) is 16.4. The Labute approximate surface area is 150 Å². The Kier molecular flexibility index (Phi) is 5.00. The van der Waals surface area contributed by atoms with Crippen LogP contribution >= 0.6 is 39.1 Å². The van der Waals surface area contributed by atoms with Gasteiger partial charge in [0.05, 0.1) is 22.1 Å². The first kappa shape index (κ1) is 16.1. The van der Waals surface area contributed by atoms with Crippen LogP contribution < -0.4 is 0 Å². The Bertz CT molecular complexity index is 941. The Morgan fingerprint density at radius 1 is 0.739 bits per heavy atom. The summed E-state index contributed by atoms with van der Waals surface area (Å²) in [6, 6.07) is 12.8. The van der Waals surface area contributed by atoms with E-state index >= 15 is 0 Å². The predicted octanol–water partition coefficient (Wildman–Crippen LogP) is 5.33. The zero-order valence-electron chi connectivity index (χ0n) is 11.6. The number of aromatic nitrogens is 4. The lowest BCUT2D eigenvalue weighted by Gasteiger charge is -1.96. The lowest BCUT2D eigenvalue weighted by molar-refractivity contribution is 1.32. The molecule has 7 heteroatoms. The van der Waals surface area contributed by atoms with E-state index in [2.05, 4.69) is 35.9 Å². The summed E-state index contributed by atoms with van der Waals surface area (Å²) >= 11 is 14.7. The van der Waals surface area contributed by atoms with Crippen molar-refractivity contribution < 1.29 is 0 Å². The number of hydrogen-bond acceptors (Lipinski definition) is 4. The predicted molar refractivity (Wildman–Crippen MR) is 96.8 cm³/mol. The van der Waals surface area contributed by atoms with E-state index in [-0.39, 0.29) is 0 Å². The molecule has 0 aliphatic rings. The summed E-state index contributed by atoms with van der Waals surface area (Å²) in [6.07, 6.45) is 3.47. The van der Waals surface area contributed by atoms with Crippen molar-refractivity contribution in [2.24, 2.45) is 0 Å². The van der Waals surface area contributed by atoms with Crippen LogP contribution in [0.25, 0.3) is 22.1 Å². The molecule has 4 rings (SSSR count). The van der Waals surface area contributed by atoms with Gasteiger partial charge < -0.3 is 0 Å². The zero-order valence-corrected chi connectivity index (χ0v) is 14.7. The molecule has 0 bridgehead atoms. The van der Waals surface area contributed by atoms with Gasteiger partial charge in [0.2, 0.25) is 0 Å². The molecule has 0 aromatic carbocycles. The maximum Gasteiger partial charge on any atom is 0.129 e. The first-order valence-electron chi connectivity index (χ1n) is 6.57. The lowest BCUT2D eigenvalue weighted by Crippen LogP contribution is -1.82. The molecule has 0 atom stereocenters. The van der Waals surface area contributed by atoms with Crippen molar-refractivity contribution in [3.63, 3.8) is 0 Å². The van der Waals surface area contributed by atoms with Crippen LogP contribution in [0.3, 0.4) is 0 Å². The maximum atomic E-state index is 5.72. The molecular formula is C16H9BrCl2N4. The van der Waals surface area contributed by atoms with Crippen LogP contribution in [0.4, 0.5) is 0 Å². The largest absolute Gasteiger partial charge is 0.255 e. The van der Waals surface area contributed by atoms with Gasteiger partial charge in [-0.15, -0.1) is 0 Å². The third-order valence-electron chi connectivity index (χ3n) is 2.89. The van der Waals surface area contributed by atoms with Crippen molar-refractivity contribution >= 4 is 61.2 Å². The average Bonchev–Trinajstić information content (AvgIpc) is 2.55. The van der Waals surface area contributed by atoms with Crippen LogP contribution in [0, 0.1) is 0 Å². The molecule has 0 aliphatic carbocycles. The molecule has 0 aliphatic heterocycles. The molecule has 4 nitrogen and oxygen atoms in total. The van der Waals surface area contributed by atoms with Crippen molar-refractivity contribution in [1.82, 2.24) is 19.9 Å². The second kappa shape index (κ2) is 7.17. The molecule has 0 radical (unpaired) electrons. The van der Waals surface area contributed by atoms with E-state index in [9.17, 15) is 0 Å². The van der Waals surface area contributed by atoms with Crippen LogP contribution in [0.1, 0.15) is 0 Å². The van der Waals surface area contributed by atoms with Gasteiger partial charge in [0.1, 0.15) is 10.3 Å². The van der Waals surface area contributed by atoms with Gasteiger partial charge >= 0.3 is 0 Å². The molecule has 114 valence electrons. The highest BCUT2D eigenvalue weighted by Gasteiger charge is 1.97. The molecule has 0 saturated carbocycles. The van der Waals surface area contributed by atoms with E-state index < -0.39 is 0 Å². The summed E-state index contributed by atoms with van der Waals surface area (Å²) in [5, 5.41) is 0.993. The van der Waals surface area contributed by atoms with Crippen LogP contribution in [0.15, 0.2) is 59.3 Å². The van der Waals surface area contributed by atoms with E-state index in [1.807, 2.05) is 30.3 Å². The molecule has 0 spiro atoms. The number of fused-ring (bicyclic) bond motifs is 2. The van der Waals surface area contributed by atoms with Gasteiger partial charge in [-0.2, -0.15) is 0 Å². The molecule has 0 amide bonds. The highest BCUT2D eigenvalue weighted by Crippen LogP contribution is 2.17. The molecule has 4 aromatic rings. The summed E-state index contributed by atoms with van der Waals surface area (Å²) in [5.41, 5.74) is 3.36. The van der Waals surface area contributed by atoms with E-state index in [0.717, 1.165) is 26.5 Å². The second-order valence-corrected chi connectivity index (χ2v) is 6.19. The van der Waals surface area contributed by atoms with E-state index in [1.54, 1.807) is 24.5 Å². The third-order valence-corrected chi connectivity index (χ3v) is 3.75. The number of halogens is 3. The fourth-order valence-corrected chi connectivity index (χ4v) is 2.52. The standard InChI is InChI=1S/C8H4BrClN2.C8H5ClN2/c9-5-3-7-6(11-4-5)1-2-8(10)12-7;9-8-4-3-6-7(11-8)2-1-5-10-6/h1-4H;1-5H. The van der Waals surface area contributed by atoms with Crippen LogP contribution in [0.5, 0.6) is 0 Å². The third kappa shape index (κ3) is 4.13. The fourth-order valence-electron chi connectivity index (χ4n) is 1.89. The minimum Gasteiger partial charge on any atom is -0.255 e. The second-order valence-electron chi connectivity index (χ2n) is 4.50. The Balaban J connectivity index is 0.000000136. The van der Waals surface area contributed by atoms with Gasteiger partial charge in [0.25, 0.3) is 0 Å². The van der Waals surface area contributed by atoms with Crippen molar-refractivity contribution in [2.75, 3.05) is 0 Å². The summed E-state index contributed by atoms with van der Waals surface area (Å²) < 4.78 is 0.907. The van der Waals surface area contributed by atoms with E-state index in [1.165, 1.54) is 0 Å². The van der Waals surface area contributed by atoms with Crippen molar-refractivity contribution in [3.05, 3.63) is 69.6 Å². The lowest BCUT2D eigenvalue weighted by atomic mass is 10.3. The monoisotopic (exact) mass is 406 g/mol. The Hall–Kier alpha value is -1.82. The SMILES string of the molecule is Clc1ccc2ncc(Br)cc2n1.Clc1ccc2ncccc2n1. The van der Waals surface area contributed by atoms with Gasteiger partial charge in [0.15, 0.2) is 0 Å². The summed E-state index contributed by atoms with van der Waals surface area (Å²) in [7, 11) is 0.